The van der Waals surface area contributed by atoms with Crippen molar-refractivity contribution in [3.05, 3.63) is 53.1 Å². The number of aliphatic imine (C=N–C) groups is 1. The summed E-state index contributed by atoms with van der Waals surface area (Å²) in [5, 5.41) is 3.44. The molecule has 1 aromatic carbocycles. The number of ketones is 1. The largest absolute Gasteiger partial charge is 0.385 e. The number of benzene rings is 1. The monoisotopic (exact) mass is 432 g/mol. The molecule has 0 bridgehead atoms. The Morgan fingerprint density at radius 2 is 1.90 bits per heavy atom. The van der Waals surface area contributed by atoms with E-state index in [1.54, 1.807) is 0 Å². The third kappa shape index (κ3) is 3.68. The molecule has 2 heterocycles. The van der Waals surface area contributed by atoms with Gasteiger partial charge in [0.15, 0.2) is 17.0 Å². The predicted octanol–water partition coefficient (Wildman–Crippen LogP) is 4.18. The Kier molecular flexibility index (Phi) is 5.20. The average Bonchev–Trinajstić information content (AvgIpc) is 3.11. The lowest BCUT2D eigenvalue weighted by atomic mass is 9.77. The molecule has 0 amide bonds. The molecule has 0 aliphatic carbocycles. The predicted molar refractivity (Wildman–Crippen MR) is 96.0 cm³/mol. The van der Waals surface area contributed by atoms with Gasteiger partial charge in [-0.3, -0.25) is 9.79 Å². The number of alkyl halides is 5. The minimum absolute atomic E-state index is 0.127. The SMILES string of the molecule is C[C@@]1(F)CC(F)(F)[C@@](C)(c2cc(CC(=O)c3ccn(C(F)F)n3)ccc2F)N=C1N. The zero-order valence-corrected chi connectivity index (χ0v) is 16.0. The molecule has 2 N–H and O–H groups in total. The number of nitrogens with two attached hydrogens (primary N) is 1. The van der Waals surface area contributed by atoms with Crippen LogP contribution in [-0.4, -0.2) is 33.0 Å². The van der Waals surface area contributed by atoms with E-state index in [1.807, 2.05) is 0 Å². The fraction of sp³-hybridized carbons (Fsp3) is 0.421. The van der Waals surface area contributed by atoms with E-state index in [4.69, 9.17) is 5.73 Å². The highest BCUT2D eigenvalue weighted by molar-refractivity contribution is 5.95. The number of carbonyl (C=O) groups is 1. The van der Waals surface area contributed by atoms with Crippen molar-refractivity contribution in [3.63, 3.8) is 0 Å². The minimum atomic E-state index is -3.78. The summed E-state index contributed by atoms with van der Waals surface area (Å²) in [4.78, 5) is 15.9. The Hall–Kier alpha value is -2.85. The van der Waals surface area contributed by atoms with Crippen LogP contribution in [0.15, 0.2) is 35.5 Å². The van der Waals surface area contributed by atoms with Gasteiger partial charge in [0.1, 0.15) is 17.3 Å². The molecule has 0 radical (unpaired) electrons. The fourth-order valence-corrected chi connectivity index (χ4v) is 3.30. The lowest BCUT2D eigenvalue weighted by molar-refractivity contribution is -0.106. The molecule has 3 rings (SSSR count). The van der Waals surface area contributed by atoms with Crippen LogP contribution in [0.5, 0.6) is 0 Å². The van der Waals surface area contributed by atoms with Crippen molar-refractivity contribution in [3.8, 4) is 0 Å². The lowest BCUT2D eigenvalue weighted by Crippen LogP contribution is -2.56. The van der Waals surface area contributed by atoms with Crippen molar-refractivity contribution in [2.24, 2.45) is 10.7 Å². The number of hydrogen-bond acceptors (Lipinski definition) is 4. The summed E-state index contributed by atoms with van der Waals surface area (Å²) in [6.45, 7) is -1.13. The third-order valence-corrected chi connectivity index (χ3v) is 5.16. The van der Waals surface area contributed by atoms with Crippen molar-refractivity contribution >= 4 is 11.6 Å². The van der Waals surface area contributed by atoms with Crippen molar-refractivity contribution in [2.75, 3.05) is 0 Å². The van der Waals surface area contributed by atoms with Gasteiger partial charge in [0.2, 0.25) is 0 Å². The van der Waals surface area contributed by atoms with E-state index in [2.05, 4.69) is 10.1 Å². The van der Waals surface area contributed by atoms with Crippen LogP contribution in [0.25, 0.3) is 0 Å². The Bertz CT molecular complexity index is 1020. The molecule has 2 aromatic rings. The van der Waals surface area contributed by atoms with Gasteiger partial charge in [0.05, 0.1) is 6.42 Å². The van der Waals surface area contributed by atoms with E-state index < -0.39 is 59.5 Å². The van der Waals surface area contributed by atoms with E-state index in [1.165, 1.54) is 6.07 Å². The molecule has 11 heteroatoms. The van der Waals surface area contributed by atoms with E-state index in [-0.39, 0.29) is 11.3 Å². The van der Waals surface area contributed by atoms with Gasteiger partial charge in [-0.2, -0.15) is 13.9 Å². The number of hydrogen-bond donors (Lipinski definition) is 1. The molecule has 1 aromatic heterocycles. The quantitative estimate of drug-likeness (QED) is 0.569. The first-order valence-electron chi connectivity index (χ1n) is 8.85. The summed E-state index contributed by atoms with van der Waals surface area (Å²) in [6.07, 6.45) is -0.780. The Balaban J connectivity index is 1.97. The first-order valence-corrected chi connectivity index (χ1v) is 8.85. The molecule has 0 spiro atoms. The molecule has 30 heavy (non-hydrogen) atoms. The number of rotatable bonds is 5. The van der Waals surface area contributed by atoms with Crippen molar-refractivity contribution in [1.29, 1.82) is 0 Å². The number of aromatic nitrogens is 2. The summed E-state index contributed by atoms with van der Waals surface area (Å²) >= 11 is 0. The van der Waals surface area contributed by atoms with E-state index in [9.17, 15) is 31.1 Å². The summed E-state index contributed by atoms with van der Waals surface area (Å²) in [5.74, 6) is -6.17. The molecule has 0 saturated heterocycles. The summed E-state index contributed by atoms with van der Waals surface area (Å²) in [5.41, 5.74) is -0.237. The van der Waals surface area contributed by atoms with Gasteiger partial charge in [-0.1, -0.05) is 6.07 Å². The molecule has 0 fully saturated rings. The second kappa shape index (κ2) is 7.13. The topological polar surface area (TPSA) is 73.3 Å². The third-order valence-electron chi connectivity index (χ3n) is 5.16. The van der Waals surface area contributed by atoms with Gasteiger partial charge in [0, 0.05) is 18.2 Å². The molecular formula is C19H18F6N4O. The summed E-state index contributed by atoms with van der Waals surface area (Å²) in [6, 6.07) is 4.18. The number of nitrogens with zero attached hydrogens (tertiary/aromatic N) is 3. The Morgan fingerprint density at radius 3 is 2.50 bits per heavy atom. The maximum Gasteiger partial charge on any atom is 0.333 e. The highest BCUT2D eigenvalue weighted by Crippen LogP contribution is 2.50. The molecule has 1 aliphatic heterocycles. The second-order valence-corrected chi connectivity index (χ2v) is 7.52. The molecule has 1 aliphatic rings. The highest BCUT2D eigenvalue weighted by Gasteiger charge is 2.60. The standard InChI is InChI=1S/C19H18F6N4O/c1-17(23)9-19(24,25)18(2,27-15(17)26)11-7-10(3-4-12(11)20)8-14(30)13-5-6-29(28-13)16(21)22/h3-7,16H,8-9H2,1-2H3,(H2,26,27)/t17-,18-/m1/s1. The first kappa shape index (κ1) is 21.8. The van der Waals surface area contributed by atoms with Crippen LogP contribution in [0, 0.1) is 5.82 Å². The van der Waals surface area contributed by atoms with Gasteiger partial charge < -0.3 is 5.73 Å². The molecular weight excluding hydrogens is 414 g/mol. The van der Waals surface area contributed by atoms with Crippen molar-refractivity contribution in [1.82, 2.24) is 9.78 Å². The highest BCUT2D eigenvalue weighted by atomic mass is 19.3. The summed E-state index contributed by atoms with van der Waals surface area (Å²) < 4.78 is 83.9. The fourth-order valence-electron chi connectivity index (χ4n) is 3.30. The van der Waals surface area contributed by atoms with E-state index in [0.29, 0.717) is 4.68 Å². The van der Waals surface area contributed by atoms with Gasteiger partial charge in [-0.05, 0) is 37.6 Å². The Morgan fingerprint density at radius 1 is 1.23 bits per heavy atom. The van der Waals surface area contributed by atoms with Gasteiger partial charge in [-0.25, -0.2) is 22.2 Å². The zero-order valence-electron chi connectivity index (χ0n) is 16.0. The van der Waals surface area contributed by atoms with Crippen LogP contribution < -0.4 is 5.73 Å². The number of Topliss-reactive ketones (excluding diaryl/α,β-unsaturated/α-hetero) is 1. The lowest BCUT2D eigenvalue weighted by Gasteiger charge is -2.42. The van der Waals surface area contributed by atoms with Gasteiger partial charge in [-0.15, -0.1) is 0 Å². The van der Waals surface area contributed by atoms with Crippen LogP contribution in [0.3, 0.4) is 0 Å². The second-order valence-electron chi connectivity index (χ2n) is 7.52. The minimum Gasteiger partial charge on any atom is -0.385 e. The Labute approximate surface area is 167 Å². The van der Waals surface area contributed by atoms with Crippen molar-refractivity contribution < 1.29 is 31.1 Å². The van der Waals surface area contributed by atoms with Crippen LogP contribution in [0.1, 0.15) is 48.4 Å². The smallest absolute Gasteiger partial charge is 0.333 e. The average molecular weight is 432 g/mol. The molecule has 2 atom stereocenters. The molecule has 0 saturated carbocycles. The van der Waals surface area contributed by atoms with Crippen LogP contribution in [0.2, 0.25) is 0 Å². The molecule has 162 valence electrons. The maximum absolute atomic E-state index is 14.8. The van der Waals surface area contributed by atoms with E-state index >= 15 is 0 Å². The van der Waals surface area contributed by atoms with Crippen LogP contribution in [-0.2, 0) is 12.0 Å². The van der Waals surface area contributed by atoms with E-state index in [0.717, 1.165) is 38.2 Å². The van der Waals surface area contributed by atoms with Gasteiger partial charge >= 0.3 is 6.55 Å². The van der Waals surface area contributed by atoms with Gasteiger partial charge in [0.25, 0.3) is 5.92 Å². The maximum atomic E-state index is 14.8. The zero-order chi connectivity index (χ0) is 22.5. The number of carbonyl (C=O) groups excluding carboxylic acids is 1. The van der Waals surface area contributed by atoms with Crippen molar-refractivity contribution in [2.45, 2.75) is 50.4 Å². The molecule has 5 nitrogen and oxygen atoms in total. The molecule has 0 unspecified atom stereocenters. The van der Waals surface area contributed by atoms with Crippen LogP contribution >= 0.6 is 0 Å². The number of halogens is 6. The first-order chi connectivity index (χ1) is 13.8. The normalized spacial score (nSPS) is 26.0. The van der Waals surface area contributed by atoms with Crippen LogP contribution in [0.4, 0.5) is 26.3 Å². The summed E-state index contributed by atoms with van der Waals surface area (Å²) in [7, 11) is 0. The number of amidine groups is 1.